The van der Waals surface area contributed by atoms with Crippen molar-refractivity contribution >= 4 is 17.4 Å². The molecule has 0 aliphatic heterocycles. The number of anilines is 1. The fourth-order valence-electron chi connectivity index (χ4n) is 1.85. The summed E-state index contributed by atoms with van der Waals surface area (Å²) < 4.78 is 5.75. The van der Waals surface area contributed by atoms with Gasteiger partial charge in [-0.1, -0.05) is 29.8 Å². The van der Waals surface area contributed by atoms with E-state index in [4.69, 9.17) is 21.6 Å². The second-order valence-corrected chi connectivity index (χ2v) is 5.05. The highest BCUT2D eigenvalue weighted by molar-refractivity contribution is 6.31. The number of para-hydroxylation sites is 1. The maximum atomic E-state index is 8.94. The highest BCUT2D eigenvalue weighted by Gasteiger charge is 2.07. The van der Waals surface area contributed by atoms with E-state index in [2.05, 4.69) is 4.98 Å². The highest BCUT2D eigenvalue weighted by Crippen LogP contribution is 2.19. The second-order valence-electron chi connectivity index (χ2n) is 4.65. The van der Waals surface area contributed by atoms with E-state index >= 15 is 0 Å². The molecule has 5 heteroatoms. The summed E-state index contributed by atoms with van der Waals surface area (Å²) in [5.74, 6) is 1.58. The number of ether oxygens (including phenoxy) is 1. The minimum absolute atomic E-state index is 0.237. The number of hydrogen-bond donors (Lipinski definition) is 0. The van der Waals surface area contributed by atoms with Crippen LogP contribution in [0.15, 0.2) is 36.4 Å². The van der Waals surface area contributed by atoms with Crippen LogP contribution in [0.25, 0.3) is 0 Å². The largest absolute Gasteiger partial charge is 0.491 e. The first-order valence-electron chi connectivity index (χ1n) is 6.58. The minimum atomic E-state index is 0.237. The SMILES string of the molecule is Cc1ccccc1OCCN(C)c1ccc(Cl)c(C#N)n1. The Hall–Kier alpha value is -2.25. The van der Waals surface area contributed by atoms with Crippen LogP contribution in [0, 0.1) is 18.3 Å². The Kier molecular flexibility index (Phi) is 5.02. The molecule has 0 unspecified atom stereocenters. The van der Waals surface area contributed by atoms with Crippen LogP contribution in [0.3, 0.4) is 0 Å². The van der Waals surface area contributed by atoms with Gasteiger partial charge in [0.25, 0.3) is 0 Å². The lowest BCUT2D eigenvalue weighted by Gasteiger charge is -2.19. The van der Waals surface area contributed by atoms with Gasteiger partial charge in [0, 0.05) is 7.05 Å². The lowest BCUT2D eigenvalue weighted by molar-refractivity contribution is 0.323. The van der Waals surface area contributed by atoms with Crippen molar-refractivity contribution in [3.8, 4) is 11.8 Å². The van der Waals surface area contributed by atoms with E-state index in [1.54, 1.807) is 12.1 Å². The number of hydrogen-bond acceptors (Lipinski definition) is 4. The molecule has 0 aliphatic rings. The number of nitriles is 1. The van der Waals surface area contributed by atoms with Gasteiger partial charge in [-0.25, -0.2) is 4.98 Å². The van der Waals surface area contributed by atoms with Gasteiger partial charge in [0.2, 0.25) is 0 Å². The molecule has 0 radical (unpaired) electrons. The van der Waals surface area contributed by atoms with Crippen LogP contribution in [0.4, 0.5) is 5.82 Å². The Bertz CT molecular complexity index is 667. The summed E-state index contributed by atoms with van der Waals surface area (Å²) in [7, 11) is 1.90. The van der Waals surface area contributed by atoms with E-state index in [9.17, 15) is 0 Å². The number of aryl methyl sites for hydroxylation is 1. The van der Waals surface area contributed by atoms with Crippen LogP contribution in [0.5, 0.6) is 5.75 Å². The van der Waals surface area contributed by atoms with Crippen molar-refractivity contribution in [3.63, 3.8) is 0 Å². The first-order chi connectivity index (χ1) is 10.1. The lowest BCUT2D eigenvalue weighted by Crippen LogP contribution is -2.24. The summed E-state index contributed by atoms with van der Waals surface area (Å²) in [4.78, 5) is 6.14. The summed E-state index contributed by atoms with van der Waals surface area (Å²) in [6.45, 7) is 3.21. The molecule has 4 nitrogen and oxygen atoms in total. The zero-order valence-corrected chi connectivity index (χ0v) is 12.8. The van der Waals surface area contributed by atoms with E-state index in [0.29, 0.717) is 24.0 Å². The molecule has 0 N–H and O–H groups in total. The molecule has 0 saturated carbocycles. The number of nitrogens with zero attached hydrogens (tertiary/aromatic N) is 3. The Morgan fingerprint density at radius 3 is 2.76 bits per heavy atom. The van der Waals surface area contributed by atoms with E-state index in [-0.39, 0.29) is 5.69 Å². The van der Waals surface area contributed by atoms with E-state index in [1.165, 1.54) is 0 Å². The van der Waals surface area contributed by atoms with Crippen LogP contribution >= 0.6 is 11.6 Å². The van der Waals surface area contributed by atoms with Gasteiger partial charge >= 0.3 is 0 Å². The summed E-state index contributed by atoms with van der Waals surface area (Å²) in [6.07, 6.45) is 0. The van der Waals surface area contributed by atoms with Gasteiger partial charge in [-0.05, 0) is 30.7 Å². The maximum absolute atomic E-state index is 8.94. The third kappa shape index (κ3) is 3.87. The molecule has 0 atom stereocenters. The molecule has 108 valence electrons. The van der Waals surface area contributed by atoms with Crippen LogP contribution in [0.1, 0.15) is 11.3 Å². The molecular weight excluding hydrogens is 286 g/mol. The first-order valence-corrected chi connectivity index (χ1v) is 6.96. The Labute approximate surface area is 129 Å². The number of halogens is 1. The summed E-state index contributed by atoms with van der Waals surface area (Å²) in [5, 5.41) is 9.31. The van der Waals surface area contributed by atoms with Gasteiger partial charge < -0.3 is 9.64 Å². The maximum Gasteiger partial charge on any atom is 0.161 e. The molecule has 0 spiro atoms. The number of aromatic nitrogens is 1. The van der Waals surface area contributed by atoms with Crippen molar-refractivity contribution < 1.29 is 4.74 Å². The van der Waals surface area contributed by atoms with Crippen LogP contribution in [-0.2, 0) is 0 Å². The quantitative estimate of drug-likeness (QED) is 0.849. The molecule has 21 heavy (non-hydrogen) atoms. The Morgan fingerprint density at radius 1 is 1.29 bits per heavy atom. The molecule has 2 rings (SSSR count). The van der Waals surface area contributed by atoms with Gasteiger partial charge in [0.05, 0.1) is 11.6 Å². The topological polar surface area (TPSA) is 49.1 Å². The average molecular weight is 302 g/mol. The van der Waals surface area contributed by atoms with E-state index in [0.717, 1.165) is 11.3 Å². The lowest BCUT2D eigenvalue weighted by atomic mass is 10.2. The smallest absolute Gasteiger partial charge is 0.161 e. The number of pyridine rings is 1. The van der Waals surface area contributed by atoms with Crippen LogP contribution in [0.2, 0.25) is 5.02 Å². The number of benzene rings is 1. The van der Waals surface area contributed by atoms with Crippen LogP contribution in [-0.4, -0.2) is 25.2 Å². The predicted molar refractivity (Wildman–Crippen MR) is 83.9 cm³/mol. The molecule has 1 aromatic carbocycles. The molecule has 1 aromatic heterocycles. The van der Waals surface area contributed by atoms with Crippen molar-refractivity contribution in [2.24, 2.45) is 0 Å². The third-order valence-electron chi connectivity index (χ3n) is 3.11. The van der Waals surface area contributed by atoms with Crippen molar-refractivity contribution in [3.05, 3.63) is 52.7 Å². The van der Waals surface area contributed by atoms with Crippen molar-refractivity contribution in [1.29, 1.82) is 5.26 Å². The van der Waals surface area contributed by atoms with Crippen molar-refractivity contribution in [1.82, 2.24) is 4.98 Å². The number of rotatable bonds is 5. The fraction of sp³-hybridized carbons (Fsp3) is 0.250. The van der Waals surface area contributed by atoms with E-state index in [1.807, 2.05) is 49.2 Å². The predicted octanol–water partition coefficient (Wildman–Crippen LogP) is 3.43. The zero-order chi connectivity index (χ0) is 15.2. The standard InChI is InChI=1S/C16H16ClN3O/c1-12-5-3-4-6-15(12)21-10-9-20(2)16-8-7-13(17)14(11-18)19-16/h3-8H,9-10H2,1-2H3. The van der Waals surface area contributed by atoms with Gasteiger partial charge in [0.1, 0.15) is 24.2 Å². The van der Waals surface area contributed by atoms with E-state index < -0.39 is 0 Å². The molecule has 0 saturated heterocycles. The van der Waals surface area contributed by atoms with Crippen molar-refractivity contribution in [2.45, 2.75) is 6.92 Å². The van der Waals surface area contributed by atoms with Gasteiger partial charge in [-0.15, -0.1) is 0 Å². The molecular formula is C16H16ClN3O. The summed E-state index contributed by atoms with van der Waals surface area (Å²) in [5.41, 5.74) is 1.34. The minimum Gasteiger partial charge on any atom is -0.491 e. The first kappa shape index (κ1) is 15.1. The van der Waals surface area contributed by atoms with Crippen molar-refractivity contribution in [2.75, 3.05) is 25.1 Å². The molecule has 0 aliphatic carbocycles. The van der Waals surface area contributed by atoms with Gasteiger partial charge in [-0.3, -0.25) is 0 Å². The molecule has 0 amide bonds. The highest BCUT2D eigenvalue weighted by atomic mass is 35.5. The normalized spacial score (nSPS) is 10.0. The van der Waals surface area contributed by atoms with Gasteiger partial charge in [-0.2, -0.15) is 5.26 Å². The van der Waals surface area contributed by atoms with Gasteiger partial charge in [0.15, 0.2) is 5.69 Å². The molecule has 0 bridgehead atoms. The average Bonchev–Trinajstić information content (AvgIpc) is 2.49. The number of likely N-dealkylation sites (N-methyl/N-ethyl adjacent to an activating group) is 1. The molecule has 1 heterocycles. The van der Waals surface area contributed by atoms with Crippen LogP contribution < -0.4 is 9.64 Å². The third-order valence-corrected chi connectivity index (χ3v) is 3.41. The molecule has 0 fully saturated rings. The second kappa shape index (κ2) is 6.96. The Balaban J connectivity index is 1.95. The fourth-order valence-corrected chi connectivity index (χ4v) is 2.00. The summed E-state index contributed by atoms with van der Waals surface area (Å²) >= 11 is 5.87. The summed E-state index contributed by atoms with van der Waals surface area (Å²) in [6, 6.07) is 13.3. The molecule has 2 aromatic rings. The monoisotopic (exact) mass is 301 g/mol. The zero-order valence-electron chi connectivity index (χ0n) is 12.0. The Morgan fingerprint density at radius 2 is 2.05 bits per heavy atom.